The first-order chi connectivity index (χ1) is 3.84. The lowest BCUT2D eigenvalue weighted by molar-refractivity contribution is -0.139. The average molecular weight is 113 g/mol. The smallest absolute Gasteiger partial charge is 0.317 e. The minimum atomic E-state index is -0.602. The summed E-state index contributed by atoms with van der Waals surface area (Å²) in [6.07, 6.45) is 2.09. The van der Waals surface area contributed by atoms with Gasteiger partial charge in [-0.3, -0.25) is 9.59 Å². The molecule has 0 aromatic carbocycles. The third-order valence-electron chi connectivity index (χ3n) is 1.08. The average Bonchev–Trinajstić information content (AvgIpc) is 2.14. The van der Waals surface area contributed by atoms with Crippen molar-refractivity contribution in [3.8, 4) is 0 Å². The van der Waals surface area contributed by atoms with Crippen LogP contribution in [-0.2, 0) is 14.3 Å². The van der Waals surface area contributed by atoms with E-state index in [2.05, 4.69) is 4.74 Å². The lowest BCUT2D eigenvalue weighted by atomic mass is 10.1. The van der Waals surface area contributed by atoms with Gasteiger partial charge in [-0.05, 0) is 0 Å². The molecule has 0 amide bonds. The van der Waals surface area contributed by atoms with Gasteiger partial charge in [-0.1, -0.05) is 0 Å². The first-order valence-corrected chi connectivity index (χ1v) is 2.39. The van der Waals surface area contributed by atoms with Crippen molar-refractivity contribution >= 4 is 12.3 Å². The summed E-state index contributed by atoms with van der Waals surface area (Å²) in [6, 6.07) is 0. The molecule has 0 aliphatic carbocycles. The van der Waals surface area contributed by atoms with E-state index in [1.165, 1.54) is 0 Å². The van der Waals surface area contributed by atoms with Crippen LogP contribution in [-0.4, -0.2) is 18.9 Å². The maximum atomic E-state index is 10.3. The second-order valence-corrected chi connectivity index (χ2v) is 1.63. The lowest BCUT2D eigenvalue weighted by Gasteiger charge is -1.86. The van der Waals surface area contributed by atoms with Crippen LogP contribution in [0.1, 0.15) is 6.42 Å². The lowest BCUT2D eigenvalue weighted by Crippen LogP contribution is -2.07. The van der Waals surface area contributed by atoms with Gasteiger partial charge in [0.05, 0.1) is 6.61 Å². The minimum Gasteiger partial charge on any atom is -0.465 e. The zero-order valence-corrected chi connectivity index (χ0v) is 4.22. The fourth-order valence-electron chi connectivity index (χ4n) is 0.603. The predicted octanol–water partition coefficient (Wildman–Crippen LogP) is -0.341. The van der Waals surface area contributed by atoms with E-state index in [0.29, 0.717) is 13.0 Å². The monoisotopic (exact) mass is 113 g/mol. The molecule has 0 saturated carbocycles. The van der Waals surface area contributed by atoms with Crippen molar-refractivity contribution in [2.24, 2.45) is 5.92 Å². The van der Waals surface area contributed by atoms with Gasteiger partial charge in [0.25, 0.3) is 0 Å². The molecule has 1 saturated heterocycles. The van der Waals surface area contributed by atoms with Gasteiger partial charge in [0, 0.05) is 6.42 Å². The minimum absolute atomic E-state index is 0.374. The third kappa shape index (κ3) is 0.710. The molecule has 0 N–H and O–H groups in total. The summed E-state index contributed by atoms with van der Waals surface area (Å²) in [5, 5.41) is 0. The molecule has 1 unspecified atom stereocenters. The number of hydrogen-bond donors (Lipinski definition) is 0. The van der Waals surface area contributed by atoms with Crippen LogP contribution in [0, 0.1) is 5.92 Å². The predicted molar refractivity (Wildman–Crippen MR) is 24.8 cm³/mol. The van der Waals surface area contributed by atoms with Crippen LogP contribution >= 0.6 is 0 Å². The van der Waals surface area contributed by atoms with E-state index in [-0.39, 0.29) is 0 Å². The summed E-state index contributed by atoms with van der Waals surface area (Å²) in [4.78, 5) is 20.1. The largest absolute Gasteiger partial charge is 0.465 e. The Labute approximate surface area is 46.6 Å². The van der Waals surface area contributed by atoms with Crippen LogP contribution in [0.2, 0.25) is 0 Å². The van der Waals surface area contributed by atoms with Crippen LogP contribution in [0.3, 0.4) is 0 Å². The topological polar surface area (TPSA) is 43.4 Å². The molecule has 1 radical (unpaired) electrons. The van der Waals surface area contributed by atoms with Gasteiger partial charge in [-0.25, -0.2) is 0 Å². The highest BCUT2D eigenvalue weighted by Gasteiger charge is 2.26. The van der Waals surface area contributed by atoms with Gasteiger partial charge in [0.15, 0.2) is 0 Å². The van der Waals surface area contributed by atoms with E-state index in [9.17, 15) is 9.59 Å². The normalized spacial score (nSPS) is 27.5. The van der Waals surface area contributed by atoms with Gasteiger partial charge < -0.3 is 4.74 Å². The summed E-state index contributed by atoms with van der Waals surface area (Å²) in [6.45, 7) is 0.374. The number of esters is 1. The summed E-state index contributed by atoms with van der Waals surface area (Å²) >= 11 is 0. The summed E-state index contributed by atoms with van der Waals surface area (Å²) < 4.78 is 4.45. The van der Waals surface area contributed by atoms with Crippen molar-refractivity contribution in [3.63, 3.8) is 0 Å². The van der Waals surface area contributed by atoms with Crippen molar-refractivity contribution in [2.45, 2.75) is 6.42 Å². The van der Waals surface area contributed by atoms with Gasteiger partial charge in [-0.15, -0.1) is 0 Å². The van der Waals surface area contributed by atoms with Crippen molar-refractivity contribution < 1.29 is 14.3 Å². The van der Waals surface area contributed by atoms with Gasteiger partial charge in [-0.2, -0.15) is 0 Å². The maximum absolute atomic E-state index is 10.3. The van der Waals surface area contributed by atoms with Crippen LogP contribution in [0.15, 0.2) is 0 Å². The Kier molecular flexibility index (Phi) is 1.28. The highest BCUT2D eigenvalue weighted by Crippen LogP contribution is 2.10. The molecule has 0 aromatic rings. The molecule has 0 spiro atoms. The Hall–Kier alpha value is -0.860. The summed E-state index contributed by atoms with van der Waals surface area (Å²) in [5.74, 6) is -1.03. The number of ether oxygens (including phenoxy) is 1. The Bertz CT molecular complexity index is 119. The molecule has 8 heavy (non-hydrogen) atoms. The molecule has 1 aliphatic heterocycles. The molecular weight excluding hydrogens is 108 g/mol. The quantitative estimate of drug-likeness (QED) is 0.345. The maximum Gasteiger partial charge on any atom is 0.317 e. The molecule has 1 heterocycles. The molecular formula is C5H5O3. The molecule has 1 fully saturated rings. The van der Waals surface area contributed by atoms with Gasteiger partial charge in [0.1, 0.15) is 5.92 Å². The fraction of sp³-hybridized carbons (Fsp3) is 0.600. The highest BCUT2D eigenvalue weighted by molar-refractivity contribution is 5.89. The SMILES string of the molecule is O=[C]C1CCOC1=O. The number of hydrogen-bond acceptors (Lipinski definition) is 3. The third-order valence-corrected chi connectivity index (χ3v) is 1.08. The standard InChI is InChI=1S/C5H5O3/c6-3-4-1-2-8-5(4)7/h4H,1-2H2. The van der Waals surface area contributed by atoms with Gasteiger partial charge >= 0.3 is 5.97 Å². The first kappa shape index (κ1) is 5.28. The van der Waals surface area contributed by atoms with Crippen molar-refractivity contribution in [3.05, 3.63) is 0 Å². The number of carbonyl (C=O) groups is 1. The summed E-state index contributed by atoms with van der Waals surface area (Å²) in [5.41, 5.74) is 0. The Morgan fingerprint density at radius 3 is 2.75 bits per heavy atom. The second-order valence-electron chi connectivity index (χ2n) is 1.63. The molecule has 0 bridgehead atoms. The molecule has 1 aliphatic rings. The number of rotatable bonds is 1. The molecule has 0 aromatic heterocycles. The second kappa shape index (κ2) is 1.94. The molecule has 1 rings (SSSR count). The van der Waals surface area contributed by atoms with Crippen molar-refractivity contribution in [1.82, 2.24) is 0 Å². The van der Waals surface area contributed by atoms with Crippen LogP contribution < -0.4 is 0 Å². The molecule has 3 nitrogen and oxygen atoms in total. The highest BCUT2D eigenvalue weighted by atomic mass is 16.5. The van der Waals surface area contributed by atoms with Crippen molar-refractivity contribution in [2.75, 3.05) is 6.61 Å². The molecule has 43 valence electrons. The van der Waals surface area contributed by atoms with E-state index in [4.69, 9.17) is 0 Å². The van der Waals surface area contributed by atoms with Crippen LogP contribution in [0.5, 0.6) is 0 Å². The first-order valence-electron chi connectivity index (χ1n) is 2.39. The summed E-state index contributed by atoms with van der Waals surface area (Å²) in [7, 11) is 0. The van der Waals surface area contributed by atoms with E-state index in [1.54, 1.807) is 6.29 Å². The van der Waals surface area contributed by atoms with Crippen LogP contribution in [0.4, 0.5) is 0 Å². The molecule has 1 atom stereocenters. The fourth-order valence-corrected chi connectivity index (χ4v) is 0.603. The Balaban J connectivity index is 2.54. The Morgan fingerprint density at radius 2 is 2.50 bits per heavy atom. The van der Waals surface area contributed by atoms with Crippen LogP contribution in [0.25, 0.3) is 0 Å². The zero-order chi connectivity index (χ0) is 5.98. The molecule has 3 heteroatoms. The van der Waals surface area contributed by atoms with E-state index >= 15 is 0 Å². The van der Waals surface area contributed by atoms with E-state index in [1.807, 2.05) is 0 Å². The van der Waals surface area contributed by atoms with E-state index < -0.39 is 11.9 Å². The Morgan fingerprint density at radius 1 is 1.75 bits per heavy atom. The van der Waals surface area contributed by atoms with E-state index in [0.717, 1.165) is 0 Å². The zero-order valence-electron chi connectivity index (χ0n) is 4.22. The number of cyclic esters (lactones) is 1. The van der Waals surface area contributed by atoms with Gasteiger partial charge in [0.2, 0.25) is 6.29 Å². The number of carbonyl (C=O) groups excluding carboxylic acids is 2. The van der Waals surface area contributed by atoms with Crippen molar-refractivity contribution in [1.29, 1.82) is 0 Å².